The van der Waals surface area contributed by atoms with Gasteiger partial charge in [-0.25, -0.2) is 4.57 Å². The molecule has 0 aromatic carbocycles. The van der Waals surface area contributed by atoms with E-state index in [1.54, 1.807) is 0 Å². The van der Waals surface area contributed by atoms with Crippen molar-refractivity contribution in [1.29, 1.82) is 0 Å². The summed E-state index contributed by atoms with van der Waals surface area (Å²) in [5.41, 5.74) is 0. The molecule has 290 valence electrons. The summed E-state index contributed by atoms with van der Waals surface area (Å²) in [5, 5.41) is 24.5. The Morgan fingerprint density at radius 3 is 1.65 bits per heavy atom. The molecule has 0 heterocycles. The Kier molecular flexibility index (Phi) is 31.0. The summed E-state index contributed by atoms with van der Waals surface area (Å²) in [6, 6.07) is -1.05. The highest BCUT2D eigenvalue weighted by atomic mass is 31.2. The van der Waals surface area contributed by atoms with Gasteiger partial charge in [-0.2, -0.15) is 0 Å². The van der Waals surface area contributed by atoms with E-state index < -0.39 is 32.7 Å². The molecule has 0 fully saturated rings. The third-order valence-electron chi connectivity index (χ3n) is 8.76. The Morgan fingerprint density at radius 1 is 0.694 bits per heavy atom. The zero-order valence-electron chi connectivity index (χ0n) is 32.3. The Morgan fingerprint density at radius 2 is 1.14 bits per heavy atom. The van der Waals surface area contributed by atoms with Crippen LogP contribution >= 0.6 is 7.82 Å². The Bertz CT molecular complexity index is 878. The molecule has 0 aromatic rings. The van der Waals surface area contributed by atoms with Crippen molar-refractivity contribution in [3.63, 3.8) is 0 Å². The van der Waals surface area contributed by atoms with Crippen LogP contribution in [0.15, 0.2) is 24.3 Å². The summed E-state index contributed by atoms with van der Waals surface area (Å²) in [7, 11) is 1.41. The van der Waals surface area contributed by atoms with Crippen LogP contribution in [0.1, 0.15) is 162 Å². The number of aliphatic hydroxyl groups excluding tert-OH is 2. The highest BCUT2D eigenvalue weighted by molar-refractivity contribution is 7.47. The molecule has 49 heavy (non-hydrogen) atoms. The number of aliphatic hydroxyl groups is 2. The number of likely N-dealkylation sites (N-methyl/N-ethyl adjacent to an activating group) is 1. The predicted octanol–water partition coefficient (Wildman–Crippen LogP) is 9.16. The van der Waals surface area contributed by atoms with Gasteiger partial charge in [0.05, 0.1) is 39.9 Å². The number of carbonyl (C=O) groups excluding carboxylic acids is 1. The first-order valence-corrected chi connectivity index (χ1v) is 21.3. The zero-order valence-corrected chi connectivity index (χ0v) is 33.2. The van der Waals surface area contributed by atoms with Crippen molar-refractivity contribution in [2.75, 3.05) is 40.9 Å². The number of unbranched alkanes of at least 4 members (excludes halogenated alkanes) is 17. The number of carbonyl (C=O) groups is 1. The smallest absolute Gasteiger partial charge is 0.390 e. The summed E-state index contributed by atoms with van der Waals surface area (Å²) >= 11 is 0. The molecule has 10 heteroatoms. The first kappa shape index (κ1) is 47.9. The number of quaternary nitrogens is 1. The number of nitrogens with one attached hydrogen (secondary N) is 1. The molecule has 0 saturated carbocycles. The maximum Gasteiger partial charge on any atom is 0.472 e. The quantitative estimate of drug-likeness (QED) is 0.0223. The molecule has 0 bridgehead atoms. The molecule has 4 atom stereocenters. The Hall–Kier alpha value is -1.06. The lowest BCUT2D eigenvalue weighted by atomic mass is 10.0. The fourth-order valence-electron chi connectivity index (χ4n) is 5.49. The molecule has 0 aliphatic carbocycles. The van der Waals surface area contributed by atoms with E-state index in [0.717, 1.165) is 44.9 Å². The molecule has 0 spiro atoms. The van der Waals surface area contributed by atoms with Crippen LogP contribution in [0, 0.1) is 0 Å². The highest BCUT2D eigenvalue weighted by Gasteiger charge is 2.31. The van der Waals surface area contributed by atoms with E-state index in [2.05, 4.69) is 43.5 Å². The SMILES string of the molecule is CCCCCC/C=C\CCCCCCCC(=O)NC(COP(=O)(O)OCC[N+](C)(C)C)C(O)C(O)CCC/C=C/CCCCCCCCC. The van der Waals surface area contributed by atoms with Crippen LogP contribution in [0.25, 0.3) is 0 Å². The molecule has 0 aliphatic rings. The minimum atomic E-state index is -4.41. The molecule has 4 unspecified atom stereocenters. The average molecular weight is 718 g/mol. The standard InChI is InChI=1S/C39H77N2O7P/c1-6-8-10-12-14-16-18-20-22-24-26-28-30-32-38(43)40-36(35-48-49(45,46)47-34-33-41(3,4)5)39(44)37(42)31-29-27-25-23-21-19-17-15-13-11-9-7-2/h16,18,23,25,36-37,39,42,44H,6-15,17,19-22,24,26-35H2,1-5H3,(H-,40,43,45,46)/p+1/b18-16-,25-23+. The number of rotatable bonds is 35. The number of hydrogen-bond acceptors (Lipinski definition) is 6. The van der Waals surface area contributed by atoms with Crippen LogP contribution in [0.5, 0.6) is 0 Å². The van der Waals surface area contributed by atoms with Crippen molar-refractivity contribution in [2.24, 2.45) is 0 Å². The van der Waals surface area contributed by atoms with E-state index in [9.17, 15) is 24.5 Å². The van der Waals surface area contributed by atoms with Gasteiger partial charge in [-0.3, -0.25) is 13.8 Å². The van der Waals surface area contributed by atoms with Gasteiger partial charge in [-0.15, -0.1) is 0 Å². The largest absolute Gasteiger partial charge is 0.472 e. The van der Waals surface area contributed by atoms with Crippen molar-refractivity contribution in [1.82, 2.24) is 5.32 Å². The molecular weight excluding hydrogens is 639 g/mol. The summed E-state index contributed by atoms with van der Waals surface area (Å²) < 4.78 is 23.4. The van der Waals surface area contributed by atoms with E-state index in [0.29, 0.717) is 30.3 Å². The van der Waals surface area contributed by atoms with Gasteiger partial charge in [-0.05, 0) is 64.2 Å². The van der Waals surface area contributed by atoms with Crippen LogP contribution in [0.4, 0.5) is 0 Å². The molecule has 0 aromatic heterocycles. The van der Waals surface area contributed by atoms with Crippen molar-refractivity contribution in [2.45, 2.75) is 180 Å². The van der Waals surface area contributed by atoms with Crippen molar-refractivity contribution in [3.8, 4) is 0 Å². The van der Waals surface area contributed by atoms with Gasteiger partial charge in [0.2, 0.25) is 5.91 Å². The van der Waals surface area contributed by atoms with E-state index in [-0.39, 0.29) is 18.9 Å². The maximum absolute atomic E-state index is 12.8. The maximum atomic E-state index is 12.8. The molecule has 1 amide bonds. The number of allylic oxidation sites excluding steroid dienone is 4. The second-order valence-electron chi connectivity index (χ2n) is 14.8. The van der Waals surface area contributed by atoms with Gasteiger partial charge in [0.25, 0.3) is 0 Å². The lowest BCUT2D eigenvalue weighted by molar-refractivity contribution is -0.870. The number of nitrogens with zero attached hydrogens (tertiary/aromatic N) is 1. The van der Waals surface area contributed by atoms with Crippen molar-refractivity contribution >= 4 is 13.7 Å². The normalized spacial score (nSPS) is 15.5. The first-order valence-electron chi connectivity index (χ1n) is 19.8. The van der Waals surface area contributed by atoms with Gasteiger partial charge in [-0.1, -0.05) is 115 Å². The average Bonchev–Trinajstić information content (AvgIpc) is 3.04. The van der Waals surface area contributed by atoms with Crippen LogP contribution in [-0.2, 0) is 18.4 Å². The van der Waals surface area contributed by atoms with Gasteiger partial charge in [0, 0.05) is 6.42 Å². The fraction of sp³-hybridized carbons (Fsp3) is 0.872. The molecule has 0 rings (SSSR count). The van der Waals surface area contributed by atoms with Crippen LogP contribution in [-0.4, -0.2) is 84.6 Å². The lowest BCUT2D eigenvalue weighted by Crippen LogP contribution is -2.51. The van der Waals surface area contributed by atoms with Crippen molar-refractivity contribution < 1.29 is 38.0 Å². The topological polar surface area (TPSA) is 125 Å². The molecule has 0 saturated heterocycles. The number of phosphoric ester groups is 1. The molecular formula is C39H78N2O7P+. The second-order valence-corrected chi connectivity index (χ2v) is 16.2. The number of amides is 1. The van der Waals surface area contributed by atoms with Crippen molar-refractivity contribution in [3.05, 3.63) is 24.3 Å². The van der Waals surface area contributed by atoms with E-state index in [4.69, 9.17) is 9.05 Å². The van der Waals surface area contributed by atoms with Gasteiger partial charge < -0.3 is 24.9 Å². The summed E-state index contributed by atoms with van der Waals surface area (Å²) in [4.78, 5) is 23.0. The molecule has 0 aliphatic heterocycles. The molecule has 0 radical (unpaired) electrons. The van der Waals surface area contributed by atoms with Gasteiger partial charge >= 0.3 is 7.82 Å². The monoisotopic (exact) mass is 718 g/mol. The van der Waals surface area contributed by atoms with Crippen LogP contribution in [0.3, 0.4) is 0 Å². The third-order valence-corrected chi connectivity index (χ3v) is 9.75. The minimum Gasteiger partial charge on any atom is -0.390 e. The van der Waals surface area contributed by atoms with Crippen LogP contribution < -0.4 is 5.32 Å². The number of phosphoric acid groups is 1. The Labute approximate surface area is 301 Å². The van der Waals surface area contributed by atoms with Gasteiger partial charge in [0.1, 0.15) is 19.3 Å². The van der Waals surface area contributed by atoms with Crippen LogP contribution in [0.2, 0.25) is 0 Å². The summed E-state index contributed by atoms with van der Waals surface area (Å²) in [6.45, 7) is 4.53. The van der Waals surface area contributed by atoms with E-state index in [1.165, 1.54) is 77.0 Å². The molecule has 9 nitrogen and oxygen atoms in total. The Balaban J connectivity index is 4.67. The lowest BCUT2D eigenvalue weighted by Gasteiger charge is -2.28. The number of hydrogen-bond donors (Lipinski definition) is 4. The first-order chi connectivity index (χ1) is 23.4. The van der Waals surface area contributed by atoms with E-state index >= 15 is 0 Å². The minimum absolute atomic E-state index is 0.0152. The summed E-state index contributed by atoms with van der Waals surface area (Å²) in [5.74, 6) is -0.280. The third kappa shape index (κ3) is 32.6. The fourth-order valence-corrected chi connectivity index (χ4v) is 6.22. The summed E-state index contributed by atoms with van der Waals surface area (Å²) in [6.07, 6.45) is 31.0. The predicted molar refractivity (Wildman–Crippen MR) is 204 cm³/mol. The highest BCUT2D eigenvalue weighted by Crippen LogP contribution is 2.43. The van der Waals surface area contributed by atoms with E-state index in [1.807, 2.05) is 21.1 Å². The second kappa shape index (κ2) is 31.7. The van der Waals surface area contributed by atoms with Gasteiger partial charge in [0.15, 0.2) is 0 Å². The molecule has 4 N–H and O–H groups in total. The zero-order chi connectivity index (χ0) is 36.6.